The van der Waals surface area contributed by atoms with Gasteiger partial charge in [-0.1, -0.05) is 24.3 Å². The number of nitrogens with zero attached hydrogens (tertiary/aromatic N) is 1. The molecular weight excluding hydrogens is 186 g/mol. The summed E-state index contributed by atoms with van der Waals surface area (Å²) in [6.07, 6.45) is 4.60. The smallest absolute Gasteiger partial charge is 0.0924 e. The second-order valence-corrected chi connectivity index (χ2v) is 3.52. The van der Waals surface area contributed by atoms with Gasteiger partial charge in [-0.2, -0.15) is 0 Å². The molecule has 2 rings (SSSR count). The highest BCUT2D eigenvalue weighted by Crippen LogP contribution is 2.16. The van der Waals surface area contributed by atoms with Crippen LogP contribution in [0.1, 0.15) is 5.56 Å². The van der Waals surface area contributed by atoms with Crippen LogP contribution >= 0.6 is 0 Å². The summed E-state index contributed by atoms with van der Waals surface area (Å²) in [5.41, 5.74) is 3.60. The number of rotatable bonds is 4. The third-order valence-electron chi connectivity index (χ3n) is 2.43. The van der Waals surface area contributed by atoms with Crippen molar-refractivity contribution in [2.45, 2.75) is 6.42 Å². The van der Waals surface area contributed by atoms with Gasteiger partial charge in [-0.15, -0.1) is 0 Å². The molecule has 0 fully saturated rings. The second kappa shape index (κ2) is 4.75. The summed E-state index contributed by atoms with van der Waals surface area (Å²) in [5, 5.41) is 3.14. The molecule has 0 aliphatic rings. The second-order valence-electron chi connectivity index (χ2n) is 3.52. The van der Waals surface area contributed by atoms with Gasteiger partial charge in [0.25, 0.3) is 0 Å². The fraction of sp³-hybridized carbons (Fsp3) is 0.250. The van der Waals surface area contributed by atoms with Crippen molar-refractivity contribution >= 4 is 0 Å². The molecule has 0 amide bonds. The molecule has 0 aliphatic heterocycles. The van der Waals surface area contributed by atoms with Crippen LogP contribution in [0.4, 0.5) is 0 Å². The van der Waals surface area contributed by atoms with Gasteiger partial charge in [-0.05, 0) is 31.1 Å². The predicted octanol–water partition coefficient (Wildman–Crippen LogP) is 1.84. The Balaban J connectivity index is 2.11. The minimum absolute atomic E-state index is 1.02. The van der Waals surface area contributed by atoms with Crippen LogP contribution in [0.2, 0.25) is 0 Å². The van der Waals surface area contributed by atoms with Gasteiger partial charge in [0.05, 0.1) is 18.2 Å². The first-order valence-electron chi connectivity index (χ1n) is 5.12. The van der Waals surface area contributed by atoms with Crippen molar-refractivity contribution in [1.29, 1.82) is 0 Å². The first kappa shape index (κ1) is 9.93. The van der Waals surface area contributed by atoms with Crippen molar-refractivity contribution in [2.75, 3.05) is 13.6 Å². The average Bonchev–Trinajstić information content (AvgIpc) is 2.80. The number of hydrogen-bond donors (Lipinski definition) is 2. The fourth-order valence-electron chi connectivity index (χ4n) is 1.53. The lowest BCUT2D eigenvalue weighted by atomic mass is 10.1. The summed E-state index contributed by atoms with van der Waals surface area (Å²) in [7, 11) is 1.97. The van der Waals surface area contributed by atoms with Gasteiger partial charge in [0, 0.05) is 0 Å². The number of hydrogen-bond acceptors (Lipinski definition) is 2. The van der Waals surface area contributed by atoms with Gasteiger partial charge in [0.2, 0.25) is 0 Å². The molecule has 3 nitrogen and oxygen atoms in total. The Hall–Kier alpha value is -1.61. The first-order chi connectivity index (χ1) is 7.40. The number of benzene rings is 1. The lowest BCUT2D eigenvalue weighted by Gasteiger charge is -2.02. The van der Waals surface area contributed by atoms with E-state index >= 15 is 0 Å². The summed E-state index contributed by atoms with van der Waals surface area (Å²) in [6.45, 7) is 1.02. The molecule has 15 heavy (non-hydrogen) atoms. The minimum Gasteiger partial charge on any atom is -0.345 e. The SMILES string of the molecule is CNCCc1ccc(-c2cnc[nH]2)cc1. The van der Waals surface area contributed by atoms with E-state index in [1.165, 1.54) is 11.1 Å². The van der Waals surface area contributed by atoms with Crippen LogP contribution < -0.4 is 5.32 Å². The van der Waals surface area contributed by atoms with Gasteiger partial charge in [-0.25, -0.2) is 4.98 Å². The fourth-order valence-corrected chi connectivity index (χ4v) is 1.53. The van der Waals surface area contributed by atoms with E-state index in [-0.39, 0.29) is 0 Å². The molecule has 2 aromatic rings. The van der Waals surface area contributed by atoms with E-state index in [4.69, 9.17) is 0 Å². The van der Waals surface area contributed by atoms with Gasteiger partial charge in [0.1, 0.15) is 0 Å². The number of aromatic nitrogens is 2. The predicted molar refractivity (Wildman–Crippen MR) is 61.7 cm³/mol. The standard InChI is InChI=1S/C12H15N3/c1-13-7-6-10-2-4-11(5-3-10)12-8-14-9-15-12/h2-5,8-9,13H,6-7H2,1H3,(H,14,15). The molecule has 0 unspecified atom stereocenters. The number of aromatic amines is 1. The molecule has 1 aromatic carbocycles. The Morgan fingerprint density at radius 3 is 2.67 bits per heavy atom. The van der Waals surface area contributed by atoms with E-state index in [2.05, 4.69) is 39.6 Å². The Bertz CT molecular complexity index is 389. The van der Waals surface area contributed by atoms with E-state index in [9.17, 15) is 0 Å². The van der Waals surface area contributed by atoms with Crippen molar-refractivity contribution in [3.63, 3.8) is 0 Å². The largest absolute Gasteiger partial charge is 0.345 e. The molecule has 1 heterocycles. The Kier molecular flexibility index (Phi) is 3.15. The van der Waals surface area contributed by atoms with Crippen molar-refractivity contribution in [1.82, 2.24) is 15.3 Å². The van der Waals surface area contributed by atoms with Crippen LogP contribution in [0.3, 0.4) is 0 Å². The maximum Gasteiger partial charge on any atom is 0.0924 e. The van der Waals surface area contributed by atoms with Gasteiger partial charge in [0.15, 0.2) is 0 Å². The van der Waals surface area contributed by atoms with Crippen LogP contribution in [0.25, 0.3) is 11.3 Å². The topological polar surface area (TPSA) is 40.7 Å². The molecule has 2 N–H and O–H groups in total. The summed E-state index contributed by atoms with van der Waals surface area (Å²) < 4.78 is 0. The van der Waals surface area contributed by atoms with Crippen LogP contribution in [-0.4, -0.2) is 23.6 Å². The molecule has 0 bridgehead atoms. The first-order valence-corrected chi connectivity index (χ1v) is 5.12. The summed E-state index contributed by atoms with van der Waals surface area (Å²) in [4.78, 5) is 7.10. The average molecular weight is 201 g/mol. The van der Waals surface area contributed by atoms with Crippen molar-refractivity contribution < 1.29 is 0 Å². The molecule has 3 heteroatoms. The zero-order chi connectivity index (χ0) is 10.5. The summed E-state index contributed by atoms with van der Waals surface area (Å²) >= 11 is 0. The van der Waals surface area contributed by atoms with E-state index in [1.807, 2.05) is 13.2 Å². The van der Waals surface area contributed by atoms with E-state index < -0.39 is 0 Å². The Labute approximate surface area is 89.6 Å². The molecular formula is C12H15N3. The molecule has 0 spiro atoms. The van der Waals surface area contributed by atoms with E-state index in [0.29, 0.717) is 0 Å². The number of imidazole rings is 1. The molecule has 0 radical (unpaired) electrons. The molecule has 78 valence electrons. The summed E-state index contributed by atoms with van der Waals surface area (Å²) in [6, 6.07) is 8.57. The molecule has 0 atom stereocenters. The van der Waals surface area contributed by atoms with Crippen LogP contribution in [0.15, 0.2) is 36.8 Å². The number of H-pyrrole nitrogens is 1. The van der Waals surface area contributed by atoms with E-state index in [1.54, 1.807) is 6.33 Å². The highest BCUT2D eigenvalue weighted by Gasteiger charge is 1.98. The van der Waals surface area contributed by atoms with Crippen molar-refractivity contribution in [2.24, 2.45) is 0 Å². The molecule has 0 saturated carbocycles. The zero-order valence-electron chi connectivity index (χ0n) is 8.83. The van der Waals surface area contributed by atoms with Crippen molar-refractivity contribution in [3.05, 3.63) is 42.4 Å². The van der Waals surface area contributed by atoms with Crippen LogP contribution in [0, 0.1) is 0 Å². The normalized spacial score (nSPS) is 10.5. The lowest BCUT2D eigenvalue weighted by molar-refractivity contribution is 0.792. The van der Waals surface area contributed by atoms with Gasteiger partial charge >= 0.3 is 0 Å². The third-order valence-corrected chi connectivity index (χ3v) is 2.43. The molecule has 0 saturated heterocycles. The minimum atomic E-state index is 1.02. The van der Waals surface area contributed by atoms with Crippen LogP contribution in [0.5, 0.6) is 0 Å². The zero-order valence-corrected chi connectivity index (χ0v) is 8.83. The highest BCUT2D eigenvalue weighted by atomic mass is 14.9. The maximum atomic E-state index is 4.01. The monoisotopic (exact) mass is 201 g/mol. The number of nitrogens with one attached hydrogen (secondary N) is 2. The number of likely N-dealkylation sites (N-methyl/N-ethyl adjacent to an activating group) is 1. The molecule has 1 aromatic heterocycles. The Morgan fingerprint density at radius 1 is 1.27 bits per heavy atom. The molecule has 0 aliphatic carbocycles. The third kappa shape index (κ3) is 2.44. The van der Waals surface area contributed by atoms with E-state index in [0.717, 1.165) is 18.7 Å². The highest BCUT2D eigenvalue weighted by molar-refractivity contribution is 5.58. The van der Waals surface area contributed by atoms with Crippen molar-refractivity contribution in [3.8, 4) is 11.3 Å². The summed E-state index contributed by atoms with van der Waals surface area (Å²) in [5.74, 6) is 0. The Morgan fingerprint density at radius 2 is 2.07 bits per heavy atom. The quantitative estimate of drug-likeness (QED) is 0.792. The van der Waals surface area contributed by atoms with Gasteiger partial charge < -0.3 is 10.3 Å². The maximum absolute atomic E-state index is 4.01. The van der Waals surface area contributed by atoms with Gasteiger partial charge in [-0.3, -0.25) is 0 Å². The van der Waals surface area contributed by atoms with Crippen LogP contribution in [-0.2, 0) is 6.42 Å². The lowest BCUT2D eigenvalue weighted by Crippen LogP contribution is -2.10.